The topological polar surface area (TPSA) is 92.8 Å². The van der Waals surface area contributed by atoms with Crippen LogP contribution in [0, 0.1) is 23.7 Å². The largest absolute Gasteiger partial charge is 0.454 e. The lowest BCUT2D eigenvalue weighted by molar-refractivity contribution is -0.159. The molecule has 0 spiro atoms. The Hall–Kier alpha value is -2.12. The first-order chi connectivity index (χ1) is 13.8. The summed E-state index contributed by atoms with van der Waals surface area (Å²) in [5.74, 6) is -2.07. The molecule has 7 nitrogen and oxygen atoms in total. The summed E-state index contributed by atoms with van der Waals surface area (Å²) in [6, 6.07) is 3.50. The fourth-order valence-corrected chi connectivity index (χ4v) is 5.41. The summed E-state index contributed by atoms with van der Waals surface area (Å²) in [7, 11) is 0. The number of esters is 1. The van der Waals surface area contributed by atoms with Gasteiger partial charge < -0.3 is 10.1 Å². The monoisotopic (exact) mass is 438 g/mol. The highest BCUT2D eigenvalue weighted by Gasteiger charge is 2.62. The number of benzene rings is 1. The molecule has 9 heteroatoms. The third-order valence-corrected chi connectivity index (χ3v) is 6.79. The first-order valence-electron chi connectivity index (χ1n) is 9.56. The van der Waals surface area contributed by atoms with Gasteiger partial charge in [0.25, 0.3) is 5.91 Å². The van der Waals surface area contributed by atoms with Crippen LogP contribution in [0.3, 0.4) is 0 Å². The predicted octanol–water partition coefficient (Wildman–Crippen LogP) is 2.89. The normalized spacial score (nSPS) is 28.4. The third kappa shape index (κ3) is 3.51. The van der Waals surface area contributed by atoms with Crippen molar-refractivity contribution >= 4 is 52.6 Å². The number of nitrogens with zero attached hydrogens (tertiary/aromatic N) is 1. The molecule has 1 aromatic rings. The molecule has 1 saturated heterocycles. The van der Waals surface area contributed by atoms with Crippen molar-refractivity contribution in [2.45, 2.75) is 32.2 Å². The highest BCUT2D eigenvalue weighted by atomic mass is 35.5. The molecule has 29 heavy (non-hydrogen) atoms. The van der Waals surface area contributed by atoms with Crippen LogP contribution in [0.25, 0.3) is 0 Å². The molecule has 4 rings (SSSR count). The average Bonchev–Trinajstić information content (AvgIpc) is 3.35. The second kappa shape index (κ2) is 7.61. The molecule has 2 saturated carbocycles. The van der Waals surface area contributed by atoms with Gasteiger partial charge in [0.1, 0.15) is 6.04 Å². The number of imide groups is 1. The van der Waals surface area contributed by atoms with E-state index in [2.05, 4.69) is 5.32 Å². The van der Waals surface area contributed by atoms with Crippen molar-refractivity contribution < 1.29 is 23.9 Å². The van der Waals surface area contributed by atoms with E-state index in [1.807, 2.05) is 0 Å². The first-order valence-corrected chi connectivity index (χ1v) is 10.3. The Morgan fingerprint density at radius 2 is 1.79 bits per heavy atom. The molecule has 1 aromatic carbocycles. The maximum Gasteiger partial charge on any atom is 0.329 e. The molecule has 1 heterocycles. The number of halogens is 2. The quantitative estimate of drug-likeness (QED) is 0.563. The molecule has 0 unspecified atom stereocenters. The van der Waals surface area contributed by atoms with Gasteiger partial charge in [-0.25, -0.2) is 4.79 Å². The van der Waals surface area contributed by atoms with Crippen molar-refractivity contribution in [3.63, 3.8) is 0 Å². The van der Waals surface area contributed by atoms with Crippen LogP contribution < -0.4 is 5.32 Å². The van der Waals surface area contributed by atoms with Gasteiger partial charge in [-0.3, -0.25) is 19.3 Å². The van der Waals surface area contributed by atoms with Crippen LogP contribution in [0.2, 0.25) is 10.0 Å². The summed E-state index contributed by atoms with van der Waals surface area (Å²) in [4.78, 5) is 51.0. The molecule has 2 aliphatic carbocycles. The van der Waals surface area contributed by atoms with Gasteiger partial charge in [-0.2, -0.15) is 0 Å². The van der Waals surface area contributed by atoms with E-state index in [0.717, 1.165) is 24.2 Å². The Balaban J connectivity index is 1.34. The zero-order valence-electron chi connectivity index (χ0n) is 15.7. The van der Waals surface area contributed by atoms with Crippen LogP contribution in [-0.2, 0) is 23.9 Å². The molecule has 154 valence electrons. The minimum atomic E-state index is -1.06. The summed E-state index contributed by atoms with van der Waals surface area (Å²) in [5, 5.41) is 3.19. The van der Waals surface area contributed by atoms with Crippen LogP contribution in [0.1, 0.15) is 26.2 Å². The van der Waals surface area contributed by atoms with E-state index >= 15 is 0 Å². The Morgan fingerprint density at radius 3 is 2.38 bits per heavy atom. The number of ether oxygens (including phenoxy) is 1. The molecule has 2 bridgehead atoms. The van der Waals surface area contributed by atoms with Crippen molar-refractivity contribution in [3.8, 4) is 0 Å². The number of carbonyl (C=O) groups is 4. The number of anilines is 1. The second-order valence-corrected chi connectivity index (χ2v) is 8.73. The van der Waals surface area contributed by atoms with Crippen LogP contribution in [-0.4, -0.2) is 41.2 Å². The Kier molecular flexibility index (Phi) is 5.29. The average molecular weight is 439 g/mol. The number of amides is 3. The number of rotatable bonds is 5. The number of likely N-dealkylation sites (tertiary alicyclic amines) is 1. The molecular formula is C20H20Cl2N2O5. The Morgan fingerprint density at radius 1 is 1.17 bits per heavy atom. The maximum absolute atomic E-state index is 12.8. The van der Waals surface area contributed by atoms with E-state index in [9.17, 15) is 19.2 Å². The third-order valence-electron chi connectivity index (χ3n) is 6.24. The molecule has 1 N–H and O–H groups in total. The summed E-state index contributed by atoms with van der Waals surface area (Å²) in [5.41, 5.74) is 0.332. The fraction of sp³-hybridized carbons (Fsp3) is 0.500. The van der Waals surface area contributed by atoms with Crippen LogP contribution >= 0.6 is 23.2 Å². The first kappa shape index (κ1) is 20.2. The number of carbonyl (C=O) groups excluding carboxylic acids is 4. The van der Waals surface area contributed by atoms with Gasteiger partial charge in [0.05, 0.1) is 22.5 Å². The highest BCUT2D eigenvalue weighted by Crippen LogP contribution is 2.56. The summed E-state index contributed by atoms with van der Waals surface area (Å²) >= 11 is 11.8. The minimum absolute atomic E-state index is 0.240. The van der Waals surface area contributed by atoms with E-state index in [-0.39, 0.29) is 40.5 Å². The molecule has 3 amide bonds. The number of hydrogen-bond donors (Lipinski definition) is 1. The van der Waals surface area contributed by atoms with Crippen molar-refractivity contribution in [1.82, 2.24) is 4.90 Å². The van der Waals surface area contributed by atoms with Crippen LogP contribution in [0.4, 0.5) is 5.69 Å². The van der Waals surface area contributed by atoms with Gasteiger partial charge in [-0.15, -0.1) is 0 Å². The minimum Gasteiger partial charge on any atom is -0.454 e. The van der Waals surface area contributed by atoms with Crippen molar-refractivity contribution in [2.75, 3.05) is 11.9 Å². The van der Waals surface area contributed by atoms with Crippen molar-refractivity contribution in [2.24, 2.45) is 23.7 Å². The van der Waals surface area contributed by atoms with Gasteiger partial charge in [-0.1, -0.05) is 23.2 Å². The van der Waals surface area contributed by atoms with Crippen molar-refractivity contribution in [1.29, 1.82) is 0 Å². The van der Waals surface area contributed by atoms with E-state index in [4.69, 9.17) is 27.9 Å². The number of nitrogens with one attached hydrogen (secondary N) is 1. The molecule has 0 radical (unpaired) electrons. The molecule has 3 fully saturated rings. The number of fused-ring (bicyclic) bond motifs is 5. The van der Waals surface area contributed by atoms with Gasteiger partial charge in [-0.05, 0) is 56.2 Å². The molecule has 5 atom stereocenters. The highest BCUT2D eigenvalue weighted by molar-refractivity contribution is 6.36. The molecular weight excluding hydrogens is 419 g/mol. The van der Waals surface area contributed by atoms with E-state index in [0.29, 0.717) is 10.7 Å². The lowest BCUT2D eigenvalue weighted by Gasteiger charge is -2.23. The van der Waals surface area contributed by atoms with Crippen LogP contribution in [0.15, 0.2) is 18.2 Å². The van der Waals surface area contributed by atoms with Gasteiger partial charge in [0.15, 0.2) is 6.61 Å². The zero-order chi connectivity index (χ0) is 20.9. The standard InChI is InChI=1S/C20H20Cl2N2O5/c1-9(24-18(26)16-10-2-3-11(6-10)17(16)19(24)27)20(28)29-8-15(25)23-14-5-4-12(21)7-13(14)22/h4-5,7,9-11,16-17H,2-3,6,8H2,1H3,(H,23,25)/t9-,10+,11+,16+,17+/m1/s1. The smallest absolute Gasteiger partial charge is 0.329 e. The summed E-state index contributed by atoms with van der Waals surface area (Å²) in [6.07, 6.45) is 2.85. The lowest BCUT2D eigenvalue weighted by atomic mass is 9.81. The SMILES string of the molecule is C[C@H](C(=O)OCC(=O)Nc1ccc(Cl)cc1Cl)N1C(=O)[C@H]2[C@H]3CC[C@@H](C3)[C@@H]2C1=O. The summed E-state index contributed by atoms with van der Waals surface area (Å²) in [6.45, 7) is 0.894. The zero-order valence-corrected chi connectivity index (χ0v) is 17.2. The van der Waals surface area contributed by atoms with Crippen LogP contribution in [0.5, 0.6) is 0 Å². The summed E-state index contributed by atoms with van der Waals surface area (Å²) < 4.78 is 5.04. The molecule has 3 aliphatic rings. The number of hydrogen-bond acceptors (Lipinski definition) is 5. The second-order valence-electron chi connectivity index (χ2n) is 7.89. The van der Waals surface area contributed by atoms with Crippen molar-refractivity contribution in [3.05, 3.63) is 28.2 Å². The van der Waals surface area contributed by atoms with E-state index in [1.165, 1.54) is 19.1 Å². The molecule has 1 aliphatic heterocycles. The molecule has 0 aromatic heterocycles. The fourth-order valence-electron chi connectivity index (χ4n) is 4.95. The van der Waals surface area contributed by atoms with Gasteiger partial charge in [0, 0.05) is 5.02 Å². The van der Waals surface area contributed by atoms with E-state index < -0.39 is 24.5 Å². The Bertz CT molecular complexity index is 877. The maximum atomic E-state index is 12.8. The van der Waals surface area contributed by atoms with E-state index in [1.54, 1.807) is 6.07 Å². The predicted molar refractivity (Wildman–Crippen MR) is 105 cm³/mol. The van der Waals surface area contributed by atoms with Gasteiger partial charge in [0.2, 0.25) is 11.8 Å². The Labute approximate surface area is 177 Å². The lowest BCUT2D eigenvalue weighted by Crippen LogP contribution is -2.45. The van der Waals surface area contributed by atoms with Gasteiger partial charge >= 0.3 is 5.97 Å².